The first-order valence-corrected chi connectivity index (χ1v) is 12.7. The van der Waals surface area contributed by atoms with E-state index in [0.29, 0.717) is 22.5 Å². The molecule has 8 heteroatoms. The van der Waals surface area contributed by atoms with Gasteiger partial charge in [-0.1, -0.05) is 68.3 Å². The molecule has 0 unspecified atom stereocenters. The van der Waals surface area contributed by atoms with E-state index >= 15 is 0 Å². The summed E-state index contributed by atoms with van der Waals surface area (Å²) in [6.45, 7) is 0. The fraction of sp³-hybridized carbons (Fsp3) is 0.0714. The number of hydrogen-bond donors (Lipinski definition) is 0. The van der Waals surface area contributed by atoms with Gasteiger partial charge in [-0.05, 0) is 59.7 Å². The molecule has 0 aliphatic carbocycles. The summed E-state index contributed by atoms with van der Waals surface area (Å²) in [5.74, 6) is -1.23. The third-order valence-electron chi connectivity index (χ3n) is 5.89. The molecule has 2 aliphatic rings. The van der Waals surface area contributed by atoms with Crippen molar-refractivity contribution in [3.63, 3.8) is 0 Å². The zero-order valence-corrected chi connectivity index (χ0v) is 22.0. The van der Waals surface area contributed by atoms with Gasteiger partial charge >= 0.3 is 0 Å². The van der Waals surface area contributed by atoms with E-state index in [0.717, 1.165) is 20.1 Å². The highest BCUT2D eigenvalue weighted by atomic mass is 79.9. The summed E-state index contributed by atoms with van der Waals surface area (Å²) in [5.41, 5.74) is 3.39. The summed E-state index contributed by atoms with van der Waals surface area (Å²) >= 11 is 6.74. The van der Waals surface area contributed by atoms with E-state index in [4.69, 9.17) is 0 Å². The van der Waals surface area contributed by atoms with Crippen molar-refractivity contribution in [2.45, 2.75) is 12.8 Å². The van der Waals surface area contributed by atoms with Crippen LogP contribution in [0, 0.1) is 0 Å². The smallest absolute Gasteiger partial charge is 0.261 e. The maximum Gasteiger partial charge on any atom is 0.261 e. The minimum atomic E-state index is -0.341. The van der Waals surface area contributed by atoms with Crippen LogP contribution in [-0.2, 0) is 19.2 Å². The second-order valence-electron chi connectivity index (χ2n) is 8.39. The molecule has 2 aliphatic heterocycles. The van der Waals surface area contributed by atoms with Crippen molar-refractivity contribution in [1.82, 2.24) is 0 Å². The largest absolute Gasteiger partial charge is 0.274 e. The molecule has 2 heterocycles. The number of carbonyl (C=O) groups is 4. The van der Waals surface area contributed by atoms with Crippen LogP contribution in [0.2, 0.25) is 0 Å². The van der Waals surface area contributed by atoms with Gasteiger partial charge in [-0.25, -0.2) is 9.80 Å². The van der Waals surface area contributed by atoms with Crippen LogP contribution in [0.15, 0.2) is 92.9 Å². The maximum absolute atomic E-state index is 12.9. The zero-order valence-electron chi connectivity index (χ0n) is 18.8. The van der Waals surface area contributed by atoms with Crippen molar-refractivity contribution in [1.29, 1.82) is 0 Å². The van der Waals surface area contributed by atoms with Crippen LogP contribution in [0.1, 0.15) is 24.0 Å². The highest BCUT2D eigenvalue weighted by molar-refractivity contribution is 9.10. The van der Waals surface area contributed by atoms with Crippen LogP contribution in [0.25, 0.3) is 12.2 Å². The average Bonchev–Trinajstić information content (AvgIpc) is 3.28. The maximum atomic E-state index is 12.9. The number of hydrogen-bond acceptors (Lipinski definition) is 4. The highest BCUT2D eigenvalue weighted by Gasteiger charge is 2.36. The Bertz CT molecular complexity index is 1380. The second-order valence-corrected chi connectivity index (χ2v) is 10.2. The van der Waals surface area contributed by atoms with E-state index in [2.05, 4.69) is 31.9 Å². The van der Waals surface area contributed by atoms with Gasteiger partial charge in [0.1, 0.15) is 0 Å². The highest BCUT2D eigenvalue weighted by Crippen LogP contribution is 2.31. The normalized spacial score (nSPS) is 18.3. The Morgan fingerprint density at radius 1 is 0.583 bits per heavy atom. The average molecular weight is 606 g/mol. The number of anilines is 2. The molecule has 0 atom stereocenters. The molecule has 2 fully saturated rings. The van der Waals surface area contributed by atoms with E-state index in [1.54, 1.807) is 48.6 Å². The van der Waals surface area contributed by atoms with Gasteiger partial charge in [0.25, 0.3) is 11.8 Å². The van der Waals surface area contributed by atoms with Crippen LogP contribution >= 0.6 is 31.9 Å². The number of amides is 4. The first-order valence-electron chi connectivity index (χ1n) is 11.1. The number of imide groups is 2. The van der Waals surface area contributed by atoms with Gasteiger partial charge in [0.15, 0.2) is 0 Å². The zero-order chi connectivity index (χ0) is 25.4. The Labute approximate surface area is 224 Å². The molecule has 0 aromatic heterocycles. The molecule has 0 N–H and O–H groups in total. The number of rotatable bonds is 4. The minimum Gasteiger partial charge on any atom is -0.274 e. The summed E-state index contributed by atoms with van der Waals surface area (Å²) in [7, 11) is 0. The van der Waals surface area contributed by atoms with E-state index in [1.165, 1.54) is 9.80 Å². The second kappa shape index (κ2) is 9.79. The Kier molecular flexibility index (Phi) is 6.55. The predicted octanol–water partition coefficient (Wildman–Crippen LogP) is 5.91. The van der Waals surface area contributed by atoms with Crippen LogP contribution < -0.4 is 9.80 Å². The Morgan fingerprint density at radius 3 is 1.33 bits per heavy atom. The van der Waals surface area contributed by atoms with Crippen molar-refractivity contribution < 1.29 is 19.2 Å². The summed E-state index contributed by atoms with van der Waals surface area (Å²) in [6.07, 6.45) is 3.46. The molecule has 3 aromatic rings. The van der Waals surface area contributed by atoms with E-state index in [1.807, 2.05) is 36.4 Å². The fourth-order valence-corrected chi connectivity index (χ4v) is 4.99. The lowest BCUT2D eigenvalue weighted by molar-refractivity contribution is -0.122. The molecule has 0 saturated carbocycles. The number of halogens is 2. The molecule has 4 amide bonds. The molecule has 2 saturated heterocycles. The van der Waals surface area contributed by atoms with Crippen molar-refractivity contribution in [3.8, 4) is 0 Å². The van der Waals surface area contributed by atoms with Crippen molar-refractivity contribution in [2.75, 3.05) is 9.80 Å². The van der Waals surface area contributed by atoms with Gasteiger partial charge in [0.2, 0.25) is 11.8 Å². The van der Waals surface area contributed by atoms with E-state index < -0.39 is 0 Å². The minimum absolute atomic E-state index is 0.0270. The summed E-state index contributed by atoms with van der Waals surface area (Å²) in [4.78, 5) is 53.2. The molecular formula is C28H18Br2N2O4. The molecule has 5 rings (SSSR count). The molecule has 0 spiro atoms. The van der Waals surface area contributed by atoms with Gasteiger partial charge in [0, 0.05) is 20.1 Å². The van der Waals surface area contributed by atoms with E-state index in [9.17, 15) is 19.2 Å². The van der Waals surface area contributed by atoms with Crippen LogP contribution in [0.3, 0.4) is 0 Å². The Morgan fingerprint density at radius 2 is 0.972 bits per heavy atom. The summed E-state index contributed by atoms with van der Waals surface area (Å²) in [5, 5.41) is 0. The SMILES string of the molecule is O=C1C/C(=C\c2ccc(/C=C3\CC(=O)N(c4cccc(Br)c4)C3=O)cc2)C(=O)N1c1cccc(Br)c1. The third-order valence-corrected chi connectivity index (χ3v) is 6.88. The van der Waals surface area contributed by atoms with Crippen molar-refractivity contribution >= 4 is 79.0 Å². The monoisotopic (exact) mass is 604 g/mol. The van der Waals surface area contributed by atoms with Gasteiger partial charge in [-0.15, -0.1) is 0 Å². The molecule has 36 heavy (non-hydrogen) atoms. The molecule has 0 bridgehead atoms. The number of carbonyl (C=O) groups excluding carboxylic acids is 4. The van der Waals surface area contributed by atoms with Crippen molar-refractivity contribution in [3.05, 3.63) is 104 Å². The first-order chi connectivity index (χ1) is 17.3. The lowest BCUT2D eigenvalue weighted by atomic mass is 10.1. The van der Waals surface area contributed by atoms with Gasteiger partial charge in [0.05, 0.1) is 24.2 Å². The quantitative estimate of drug-likeness (QED) is 0.274. The van der Waals surface area contributed by atoms with Gasteiger partial charge < -0.3 is 0 Å². The van der Waals surface area contributed by atoms with Crippen molar-refractivity contribution in [2.24, 2.45) is 0 Å². The molecular weight excluding hydrogens is 588 g/mol. The molecule has 0 radical (unpaired) electrons. The Hall–Kier alpha value is -3.62. The number of benzene rings is 3. The van der Waals surface area contributed by atoms with Gasteiger partial charge in [-0.2, -0.15) is 0 Å². The molecule has 6 nitrogen and oxygen atoms in total. The van der Waals surface area contributed by atoms with Crippen LogP contribution in [0.5, 0.6) is 0 Å². The predicted molar refractivity (Wildman–Crippen MR) is 145 cm³/mol. The lowest BCUT2D eigenvalue weighted by Gasteiger charge is -2.13. The summed E-state index contributed by atoms with van der Waals surface area (Å²) < 4.78 is 1.56. The van der Waals surface area contributed by atoms with Crippen LogP contribution in [-0.4, -0.2) is 23.6 Å². The fourth-order valence-electron chi connectivity index (χ4n) is 4.22. The first kappa shape index (κ1) is 24.1. The standard InChI is InChI=1S/C28H18Br2N2O4/c29-21-3-1-5-23(15-21)31-25(33)13-19(27(31)35)11-17-7-9-18(10-8-17)12-20-14-26(34)32(28(20)36)24-6-2-4-22(30)16-24/h1-12,15-16H,13-14H2/b19-11+,20-12+. The molecule has 178 valence electrons. The van der Waals surface area contributed by atoms with Gasteiger partial charge in [-0.3, -0.25) is 19.2 Å². The molecule has 3 aromatic carbocycles. The van der Waals surface area contributed by atoms with E-state index in [-0.39, 0.29) is 36.5 Å². The Balaban J connectivity index is 1.34. The summed E-state index contributed by atoms with van der Waals surface area (Å²) in [6, 6.07) is 21.4. The topological polar surface area (TPSA) is 74.8 Å². The van der Waals surface area contributed by atoms with Crippen LogP contribution in [0.4, 0.5) is 11.4 Å². The number of nitrogens with zero attached hydrogens (tertiary/aromatic N) is 2. The third kappa shape index (κ3) is 4.74. The lowest BCUT2D eigenvalue weighted by Crippen LogP contribution is -2.28.